The summed E-state index contributed by atoms with van der Waals surface area (Å²) in [5.74, 6) is 1.60. The molecule has 2 atom stereocenters. The van der Waals surface area contributed by atoms with Gasteiger partial charge >= 0.3 is 0 Å². The second kappa shape index (κ2) is 4.93. The van der Waals surface area contributed by atoms with Gasteiger partial charge in [0.25, 0.3) is 0 Å². The zero-order chi connectivity index (χ0) is 12.5. The highest BCUT2D eigenvalue weighted by molar-refractivity contribution is 5.40. The number of aryl methyl sites for hydroxylation is 1. The molecule has 3 N–H and O–H groups in total. The van der Waals surface area contributed by atoms with Crippen LogP contribution in [0.2, 0.25) is 0 Å². The largest absolute Gasteiger partial charge is 0.508 e. The van der Waals surface area contributed by atoms with Crippen molar-refractivity contribution in [2.24, 2.45) is 11.7 Å². The van der Waals surface area contributed by atoms with Crippen molar-refractivity contribution in [3.8, 4) is 5.75 Å². The van der Waals surface area contributed by atoms with E-state index in [4.69, 9.17) is 5.73 Å². The van der Waals surface area contributed by atoms with Gasteiger partial charge in [-0.3, -0.25) is 0 Å². The molecule has 1 aromatic carbocycles. The second-order valence-electron chi connectivity index (χ2n) is 6.01. The van der Waals surface area contributed by atoms with Gasteiger partial charge in [-0.15, -0.1) is 0 Å². The molecule has 0 radical (unpaired) electrons. The van der Waals surface area contributed by atoms with Gasteiger partial charge in [-0.25, -0.2) is 0 Å². The maximum absolute atomic E-state index is 9.75. The van der Waals surface area contributed by atoms with Crippen molar-refractivity contribution in [3.63, 3.8) is 0 Å². The van der Waals surface area contributed by atoms with Crippen LogP contribution in [0.4, 0.5) is 0 Å². The van der Waals surface area contributed by atoms with Crippen molar-refractivity contribution in [2.45, 2.75) is 56.9 Å². The van der Waals surface area contributed by atoms with Crippen molar-refractivity contribution in [1.82, 2.24) is 0 Å². The minimum absolute atomic E-state index is 0.280. The first-order valence-electron chi connectivity index (χ1n) is 7.33. The predicted octanol–water partition coefficient (Wildman–Crippen LogP) is 3.33. The summed E-state index contributed by atoms with van der Waals surface area (Å²) >= 11 is 0. The van der Waals surface area contributed by atoms with E-state index in [2.05, 4.69) is 6.07 Å². The third kappa shape index (κ3) is 2.14. The topological polar surface area (TPSA) is 46.2 Å². The highest BCUT2D eigenvalue weighted by Crippen LogP contribution is 2.43. The second-order valence-corrected chi connectivity index (χ2v) is 6.01. The highest BCUT2D eigenvalue weighted by Gasteiger charge is 2.34. The standard InChI is InChI=1S/C16H23NO/c17-15-9-7-11-6-8-13(18)10-14(11)16(15)12-4-2-1-3-5-12/h6,8,10,12,15-16,18H,1-5,7,9,17H2. The molecule has 98 valence electrons. The van der Waals surface area contributed by atoms with E-state index in [9.17, 15) is 5.11 Å². The van der Waals surface area contributed by atoms with Gasteiger partial charge in [0.05, 0.1) is 0 Å². The molecule has 0 spiro atoms. The molecular weight excluding hydrogens is 222 g/mol. The first kappa shape index (κ1) is 12.0. The van der Waals surface area contributed by atoms with E-state index in [1.54, 1.807) is 0 Å². The van der Waals surface area contributed by atoms with E-state index in [1.165, 1.54) is 43.2 Å². The number of nitrogens with two attached hydrogens (primary N) is 1. The Bertz CT molecular complexity index is 423. The normalized spacial score (nSPS) is 28.9. The number of aromatic hydroxyl groups is 1. The van der Waals surface area contributed by atoms with Crippen LogP contribution in [0.3, 0.4) is 0 Å². The molecule has 2 aliphatic rings. The average molecular weight is 245 g/mol. The van der Waals surface area contributed by atoms with Gasteiger partial charge in [-0.1, -0.05) is 25.3 Å². The molecule has 0 aliphatic heterocycles. The fourth-order valence-electron chi connectivity index (χ4n) is 3.95. The predicted molar refractivity (Wildman–Crippen MR) is 73.7 cm³/mol. The van der Waals surface area contributed by atoms with Crippen LogP contribution in [0.1, 0.15) is 55.6 Å². The van der Waals surface area contributed by atoms with Crippen LogP contribution >= 0.6 is 0 Å². The summed E-state index contributed by atoms with van der Waals surface area (Å²) < 4.78 is 0. The summed E-state index contributed by atoms with van der Waals surface area (Å²) in [7, 11) is 0. The van der Waals surface area contributed by atoms with Crippen LogP contribution in [0.25, 0.3) is 0 Å². The van der Waals surface area contributed by atoms with E-state index in [1.807, 2.05) is 12.1 Å². The smallest absolute Gasteiger partial charge is 0.115 e. The Labute approximate surface area is 109 Å². The number of benzene rings is 1. The summed E-state index contributed by atoms with van der Waals surface area (Å²) in [5.41, 5.74) is 9.13. The molecule has 1 fully saturated rings. The number of phenolic OH excluding ortho intramolecular Hbond substituents is 1. The Kier molecular flexibility index (Phi) is 3.29. The summed E-state index contributed by atoms with van der Waals surface area (Å²) in [6.45, 7) is 0. The van der Waals surface area contributed by atoms with Crippen LogP contribution < -0.4 is 5.73 Å². The molecule has 0 saturated heterocycles. The third-order valence-electron chi connectivity index (χ3n) is 4.85. The SMILES string of the molecule is NC1CCc2ccc(O)cc2C1C1CCCCC1. The van der Waals surface area contributed by atoms with Gasteiger partial charge in [0.1, 0.15) is 5.75 Å². The maximum Gasteiger partial charge on any atom is 0.115 e. The lowest BCUT2D eigenvalue weighted by Crippen LogP contribution is -2.38. The van der Waals surface area contributed by atoms with Crippen molar-refractivity contribution in [1.29, 1.82) is 0 Å². The fourth-order valence-corrected chi connectivity index (χ4v) is 3.95. The Morgan fingerprint density at radius 2 is 1.83 bits per heavy atom. The molecule has 1 saturated carbocycles. The van der Waals surface area contributed by atoms with Gasteiger partial charge in [0.15, 0.2) is 0 Å². The van der Waals surface area contributed by atoms with Crippen LogP contribution in [0, 0.1) is 5.92 Å². The molecule has 2 heteroatoms. The fraction of sp³-hybridized carbons (Fsp3) is 0.625. The van der Waals surface area contributed by atoms with E-state index in [-0.39, 0.29) is 6.04 Å². The van der Waals surface area contributed by atoms with Gasteiger partial charge in [0.2, 0.25) is 0 Å². The Morgan fingerprint density at radius 3 is 2.61 bits per heavy atom. The number of hydrogen-bond acceptors (Lipinski definition) is 2. The third-order valence-corrected chi connectivity index (χ3v) is 4.85. The molecule has 3 rings (SSSR count). The van der Waals surface area contributed by atoms with Crippen LogP contribution in [-0.2, 0) is 6.42 Å². The van der Waals surface area contributed by atoms with Gasteiger partial charge in [-0.2, -0.15) is 0 Å². The number of hydrogen-bond donors (Lipinski definition) is 2. The number of phenols is 1. The van der Waals surface area contributed by atoms with Crippen LogP contribution in [0.5, 0.6) is 5.75 Å². The van der Waals surface area contributed by atoms with Crippen molar-refractivity contribution < 1.29 is 5.11 Å². The Morgan fingerprint density at radius 1 is 1.06 bits per heavy atom. The monoisotopic (exact) mass is 245 g/mol. The number of fused-ring (bicyclic) bond motifs is 1. The molecule has 0 amide bonds. The molecule has 2 nitrogen and oxygen atoms in total. The van der Waals surface area contributed by atoms with Crippen LogP contribution in [-0.4, -0.2) is 11.1 Å². The lowest BCUT2D eigenvalue weighted by atomic mass is 9.68. The molecular formula is C16H23NO. The van der Waals surface area contributed by atoms with Gasteiger partial charge < -0.3 is 10.8 Å². The lowest BCUT2D eigenvalue weighted by molar-refractivity contribution is 0.261. The van der Waals surface area contributed by atoms with Crippen molar-refractivity contribution >= 4 is 0 Å². The summed E-state index contributed by atoms with van der Waals surface area (Å²) in [4.78, 5) is 0. The first-order valence-corrected chi connectivity index (χ1v) is 7.33. The molecule has 2 unspecified atom stereocenters. The molecule has 0 heterocycles. The molecule has 2 aliphatic carbocycles. The minimum atomic E-state index is 0.280. The van der Waals surface area contributed by atoms with E-state index in [0.29, 0.717) is 11.7 Å². The summed E-state index contributed by atoms with van der Waals surface area (Å²) in [6, 6.07) is 6.15. The lowest BCUT2D eigenvalue weighted by Gasteiger charge is -2.38. The number of rotatable bonds is 1. The first-order chi connectivity index (χ1) is 8.75. The van der Waals surface area contributed by atoms with E-state index >= 15 is 0 Å². The zero-order valence-electron chi connectivity index (χ0n) is 10.9. The van der Waals surface area contributed by atoms with E-state index in [0.717, 1.165) is 18.8 Å². The van der Waals surface area contributed by atoms with E-state index < -0.39 is 0 Å². The average Bonchev–Trinajstić information content (AvgIpc) is 2.39. The van der Waals surface area contributed by atoms with Crippen molar-refractivity contribution in [3.05, 3.63) is 29.3 Å². The molecule has 0 bridgehead atoms. The van der Waals surface area contributed by atoms with Gasteiger partial charge in [0, 0.05) is 12.0 Å². The summed E-state index contributed by atoms with van der Waals surface area (Å²) in [5, 5.41) is 9.75. The van der Waals surface area contributed by atoms with Crippen molar-refractivity contribution in [2.75, 3.05) is 0 Å². The van der Waals surface area contributed by atoms with Gasteiger partial charge in [-0.05, 0) is 54.9 Å². The molecule has 0 aromatic heterocycles. The molecule has 1 aromatic rings. The highest BCUT2D eigenvalue weighted by atomic mass is 16.3. The van der Waals surface area contributed by atoms with Crippen LogP contribution in [0.15, 0.2) is 18.2 Å². The Balaban J connectivity index is 1.95. The molecule has 18 heavy (non-hydrogen) atoms. The zero-order valence-corrected chi connectivity index (χ0v) is 10.9. The minimum Gasteiger partial charge on any atom is -0.508 e. The maximum atomic E-state index is 9.75. The summed E-state index contributed by atoms with van der Waals surface area (Å²) in [6.07, 6.45) is 8.87. The quantitative estimate of drug-likeness (QED) is 0.797. The Hall–Kier alpha value is -1.02.